The molecule has 0 aromatic rings. The minimum absolute atomic E-state index is 0.00240. The summed E-state index contributed by atoms with van der Waals surface area (Å²) >= 11 is 6.98. The van der Waals surface area contributed by atoms with Crippen molar-refractivity contribution in [1.82, 2.24) is 0 Å². The minimum atomic E-state index is -0.743. The molecule has 0 amide bonds. The van der Waals surface area contributed by atoms with E-state index in [1.165, 1.54) is 6.42 Å². The number of halogens is 1. The standard InChI is InChI=1S/C32H53ClO6/c1-4-5-20-32(2,3)28(39-31-17-11-13-22-37-31)19-18-25-24(14-8-6-7-9-15-29(34)35)26(33)23-27(25)38-30-16-10-12-21-36-30/h6,8,18-19,24-28,30-31H,4-5,7,9-17,20-23H2,1-3H3,(H,34,35)/b8-6-,19-18+/t24-,25-,26-,27-,28-,30?,31?/m1/s1. The molecule has 1 aliphatic carbocycles. The summed E-state index contributed by atoms with van der Waals surface area (Å²) < 4.78 is 25.1. The summed E-state index contributed by atoms with van der Waals surface area (Å²) in [4.78, 5) is 10.8. The van der Waals surface area contributed by atoms with Gasteiger partial charge >= 0.3 is 5.97 Å². The molecule has 1 saturated carbocycles. The fourth-order valence-electron chi connectivity index (χ4n) is 6.02. The fourth-order valence-corrected chi connectivity index (χ4v) is 6.47. The van der Waals surface area contributed by atoms with Crippen LogP contribution in [0, 0.1) is 17.3 Å². The zero-order valence-corrected chi connectivity index (χ0v) is 25.3. The lowest BCUT2D eigenvalue weighted by Crippen LogP contribution is -2.37. The molecule has 2 saturated heterocycles. The van der Waals surface area contributed by atoms with E-state index in [-0.39, 0.29) is 53.8 Å². The minimum Gasteiger partial charge on any atom is -0.481 e. The third-order valence-corrected chi connectivity index (χ3v) is 9.04. The van der Waals surface area contributed by atoms with Gasteiger partial charge in [-0.2, -0.15) is 0 Å². The molecule has 3 fully saturated rings. The van der Waals surface area contributed by atoms with Crippen LogP contribution in [0.25, 0.3) is 0 Å². The number of allylic oxidation sites excluding steroid dienone is 2. The zero-order valence-electron chi connectivity index (χ0n) is 24.5. The lowest BCUT2D eigenvalue weighted by atomic mass is 9.80. The molecule has 2 aliphatic heterocycles. The molecule has 0 spiro atoms. The maximum absolute atomic E-state index is 10.8. The molecular weight excluding hydrogens is 516 g/mol. The molecule has 7 heteroatoms. The Bertz CT molecular complexity index is 756. The van der Waals surface area contributed by atoms with Gasteiger partial charge in [-0.1, -0.05) is 57.9 Å². The molecule has 7 atom stereocenters. The van der Waals surface area contributed by atoms with E-state index < -0.39 is 5.97 Å². The van der Waals surface area contributed by atoms with Gasteiger partial charge in [-0.05, 0) is 82.0 Å². The Kier molecular flexibility index (Phi) is 14.3. The topological polar surface area (TPSA) is 74.2 Å². The van der Waals surface area contributed by atoms with Gasteiger partial charge in [0.05, 0.1) is 12.2 Å². The number of carboxylic acid groups (broad SMARTS) is 1. The van der Waals surface area contributed by atoms with Crippen LogP contribution in [-0.2, 0) is 23.7 Å². The molecule has 0 bridgehead atoms. The Labute approximate surface area is 241 Å². The summed E-state index contributed by atoms with van der Waals surface area (Å²) in [5.41, 5.74) is -0.0192. The highest BCUT2D eigenvalue weighted by Crippen LogP contribution is 2.43. The van der Waals surface area contributed by atoms with Crippen LogP contribution >= 0.6 is 11.6 Å². The van der Waals surface area contributed by atoms with E-state index >= 15 is 0 Å². The van der Waals surface area contributed by atoms with E-state index in [0.717, 1.165) is 83.8 Å². The van der Waals surface area contributed by atoms with Crippen molar-refractivity contribution in [1.29, 1.82) is 0 Å². The molecular formula is C32H53ClO6. The highest BCUT2D eigenvalue weighted by Gasteiger charge is 2.43. The van der Waals surface area contributed by atoms with Gasteiger partial charge in [-0.3, -0.25) is 4.79 Å². The number of unbranched alkanes of at least 4 members (excludes halogenated alkanes) is 2. The van der Waals surface area contributed by atoms with Gasteiger partial charge in [0.15, 0.2) is 12.6 Å². The van der Waals surface area contributed by atoms with E-state index in [4.69, 9.17) is 35.7 Å². The quantitative estimate of drug-likeness (QED) is 0.115. The molecule has 1 N–H and O–H groups in total. The first-order chi connectivity index (χ1) is 18.8. The Morgan fingerprint density at radius 3 is 2.44 bits per heavy atom. The maximum Gasteiger partial charge on any atom is 0.303 e. The smallest absolute Gasteiger partial charge is 0.303 e. The highest BCUT2D eigenvalue weighted by atomic mass is 35.5. The van der Waals surface area contributed by atoms with Gasteiger partial charge in [0.2, 0.25) is 0 Å². The first-order valence-electron chi connectivity index (χ1n) is 15.5. The normalized spacial score (nSPS) is 31.3. The van der Waals surface area contributed by atoms with Crippen LogP contribution in [0.1, 0.15) is 111 Å². The molecule has 6 nitrogen and oxygen atoms in total. The third kappa shape index (κ3) is 11.1. The zero-order chi connectivity index (χ0) is 28.1. The van der Waals surface area contributed by atoms with Gasteiger partial charge in [-0.15, -0.1) is 11.6 Å². The van der Waals surface area contributed by atoms with Crippen molar-refractivity contribution < 1.29 is 28.8 Å². The lowest BCUT2D eigenvalue weighted by Gasteiger charge is -2.36. The van der Waals surface area contributed by atoms with Crippen LogP contribution in [0.5, 0.6) is 0 Å². The van der Waals surface area contributed by atoms with Crippen LogP contribution in [0.4, 0.5) is 0 Å². The molecule has 2 unspecified atom stereocenters. The number of hydrogen-bond acceptors (Lipinski definition) is 5. The fraction of sp³-hybridized carbons (Fsp3) is 0.844. The van der Waals surface area contributed by atoms with Gasteiger partial charge in [0.25, 0.3) is 0 Å². The molecule has 0 aromatic heterocycles. The average Bonchev–Trinajstić information content (AvgIpc) is 3.21. The van der Waals surface area contributed by atoms with Crippen LogP contribution < -0.4 is 0 Å². The Balaban J connectivity index is 1.75. The van der Waals surface area contributed by atoms with E-state index in [1.807, 2.05) is 0 Å². The van der Waals surface area contributed by atoms with Crippen LogP contribution in [0.15, 0.2) is 24.3 Å². The summed E-state index contributed by atoms with van der Waals surface area (Å²) in [6.45, 7) is 8.38. The number of hydrogen-bond donors (Lipinski definition) is 1. The van der Waals surface area contributed by atoms with Crippen molar-refractivity contribution in [3.05, 3.63) is 24.3 Å². The van der Waals surface area contributed by atoms with Crippen molar-refractivity contribution in [3.63, 3.8) is 0 Å². The predicted molar refractivity (Wildman–Crippen MR) is 156 cm³/mol. The predicted octanol–water partition coefficient (Wildman–Crippen LogP) is 8.03. The second kappa shape index (κ2) is 17.1. The summed E-state index contributed by atoms with van der Waals surface area (Å²) in [5, 5.41) is 8.90. The molecule has 3 rings (SSSR count). The summed E-state index contributed by atoms with van der Waals surface area (Å²) in [7, 11) is 0. The number of carboxylic acids is 1. The molecule has 3 aliphatic rings. The van der Waals surface area contributed by atoms with E-state index in [0.29, 0.717) is 6.42 Å². The summed E-state index contributed by atoms with van der Waals surface area (Å²) in [6.07, 6.45) is 21.6. The molecule has 224 valence electrons. The van der Waals surface area contributed by atoms with Crippen molar-refractivity contribution in [2.45, 2.75) is 141 Å². The number of carbonyl (C=O) groups is 1. The second-order valence-electron chi connectivity index (χ2n) is 12.3. The molecule has 0 aromatic carbocycles. The van der Waals surface area contributed by atoms with Crippen LogP contribution in [0.2, 0.25) is 0 Å². The monoisotopic (exact) mass is 568 g/mol. The highest BCUT2D eigenvalue weighted by molar-refractivity contribution is 6.21. The Morgan fingerprint density at radius 2 is 1.79 bits per heavy atom. The second-order valence-corrected chi connectivity index (χ2v) is 12.8. The number of rotatable bonds is 16. The number of ether oxygens (including phenoxy) is 4. The summed E-state index contributed by atoms with van der Waals surface area (Å²) in [5.74, 6) is -0.355. The largest absolute Gasteiger partial charge is 0.481 e. The Hall–Kier alpha value is -0.920. The number of alkyl halides is 1. The molecule has 39 heavy (non-hydrogen) atoms. The van der Waals surface area contributed by atoms with Crippen LogP contribution in [-0.4, -0.2) is 54.5 Å². The maximum atomic E-state index is 10.8. The van der Waals surface area contributed by atoms with Crippen molar-refractivity contribution in [2.75, 3.05) is 13.2 Å². The van der Waals surface area contributed by atoms with Gasteiger partial charge in [0, 0.05) is 30.9 Å². The van der Waals surface area contributed by atoms with Gasteiger partial charge < -0.3 is 24.1 Å². The lowest BCUT2D eigenvalue weighted by molar-refractivity contribution is -0.198. The van der Waals surface area contributed by atoms with E-state index in [9.17, 15) is 4.79 Å². The third-order valence-electron chi connectivity index (χ3n) is 8.54. The molecule has 2 heterocycles. The Morgan fingerprint density at radius 1 is 1.08 bits per heavy atom. The van der Waals surface area contributed by atoms with Gasteiger partial charge in [0.1, 0.15) is 0 Å². The van der Waals surface area contributed by atoms with E-state index in [2.05, 4.69) is 45.1 Å². The first kappa shape index (κ1) is 32.6. The summed E-state index contributed by atoms with van der Waals surface area (Å²) in [6, 6.07) is 0. The molecule has 0 radical (unpaired) electrons. The van der Waals surface area contributed by atoms with E-state index in [1.54, 1.807) is 0 Å². The van der Waals surface area contributed by atoms with Crippen molar-refractivity contribution >= 4 is 17.6 Å². The SMILES string of the molecule is CCCCC(C)(C)[C@@H](/C=C/[C@@H]1[C@@H](C/C=C\CCCC(=O)O)[C@H](Cl)C[C@H]1OC1CCCCO1)OC1CCCCO1. The average molecular weight is 569 g/mol. The van der Waals surface area contributed by atoms with Gasteiger partial charge in [-0.25, -0.2) is 0 Å². The van der Waals surface area contributed by atoms with Crippen molar-refractivity contribution in [2.24, 2.45) is 17.3 Å². The number of aliphatic carboxylic acids is 1. The van der Waals surface area contributed by atoms with Crippen LogP contribution in [0.3, 0.4) is 0 Å². The first-order valence-corrected chi connectivity index (χ1v) is 16.0. The van der Waals surface area contributed by atoms with Crippen molar-refractivity contribution in [3.8, 4) is 0 Å².